The number of aliphatic carboxylic acids is 1. The first-order chi connectivity index (χ1) is 11.1. The fourth-order valence-electron chi connectivity index (χ4n) is 2.04. The highest BCUT2D eigenvalue weighted by molar-refractivity contribution is 7.98. The van der Waals surface area contributed by atoms with Gasteiger partial charge >= 0.3 is 5.97 Å². The number of amides is 1. The van der Waals surface area contributed by atoms with Crippen molar-refractivity contribution in [3.63, 3.8) is 0 Å². The Morgan fingerprint density at radius 1 is 1.26 bits per heavy atom. The molecule has 0 spiro atoms. The van der Waals surface area contributed by atoms with Crippen molar-refractivity contribution in [1.82, 2.24) is 5.32 Å². The van der Waals surface area contributed by atoms with E-state index in [0.29, 0.717) is 12.3 Å². The van der Waals surface area contributed by atoms with Crippen LogP contribution in [0.4, 0.5) is 0 Å². The van der Waals surface area contributed by atoms with Crippen LogP contribution in [-0.4, -0.2) is 23.5 Å². The van der Waals surface area contributed by atoms with Gasteiger partial charge in [-0.1, -0.05) is 25.1 Å². The molecule has 122 valence electrons. The molecule has 1 unspecified atom stereocenters. The summed E-state index contributed by atoms with van der Waals surface area (Å²) in [5, 5.41) is 11.4. The van der Waals surface area contributed by atoms with Crippen LogP contribution in [0.3, 0.4) is 0 Å². The fourth-order valence-corrected chi connectivity index (χ4v) is 2.94. The summed E-state index contributed by atoms with van der Waals surface area (Å²) in [6, 6.07) is 11.7. The van der Waals surface area contributed by atoms with Crippen LogP contribution in [0.1, 0.15) is 29.5 Å². The molecule has 0 saturated heterocycles. The Kier molecular flexibility index (Phi) is 6.29. The van der Waals surface area contributed by atoms with Crippen molar-refractivity contribution < 1.29 is 19.1 Å². The first kappa shape index (κ1) is 17.1. The van der Waals surface area contributed by atoms with E-state index in [1.54, 1.807) is 24.8 Å². The number of hydrogen-bond acceptors (Lipinski definition) is 4. The molecule has 0 radical (unpaired) electrons. The van der Waals surface area contributed by atoms with E-state index in [0.717, 1.165) is 10.5 Å². The van der Waals surface area contributed by atoms with E-state index >= 15 is 0 Å². The molecule has 5 nitrogen and oxygen atoms in total. The largest absolute Gasteiger partial charge is 0.481 e. The van der Waals surface area contributed by atoms with Gasteiger partial charge in [0.2, 0.25) is 0 Å². The van der Waals surface area contributed by atoms with Gasteiger partial charge < -0.3 is 14.8 Å². The molecule has 1 atom stereocenters. The predicted octanol–water partition coefficient (Wildman–Crippen LogP) is 3.41. The number of benzene rings is 1. The van der Waals surface area contributed by atoms with Crippen LogP contribution in [0.15, 0.2) is 52.0 Å². The van der Waals surface area contributed by atoms with Crippen LogP contribution >= 0.6 is 11.8 Å². The molecule has 2 N–H and O–H groups in total. The van der Waals surface area contributed by atoms with Crippen LogP contribution in [0.25, 0.3) is 0 Å². The zero-order valence-corrected chi connectivity index (χ0v) is 13.6. The van der Waals surface area contributed by atoms with Gasteiger partial charge in [0.05, 0.1) is 6.26 Å². The van der Waals surface area contributed by atoms with E-state index < -0.39 is 5.97 Å². The van der Waals surface area contributed by atoms with Gasteiger partial charge in [-0.05, 0) is 24.1 Å². The summed E-state index contributed by atoms with van der Waals surface area (Å²) >= 11 is 1.62. The minimum absolute atomic E-state index is 0.0230. The molecule has 2 rings (SSSR count). The van der Waals surface area contributed by atoms with Crippen molar-refractivity contribution in [1.29, 1.82) is 0 Å². The van der Waals surface area contributed by atoms with E-state index in [-0.39, 0.29) is 24.0 Å². The van der Waals surface area contributed by atoms with Gasteiger partial charge in [0, 0.05) is 29.2 Å². The highest BCUT2D eigenvalue weighted by Crippen LogP contribution is 2.24. The zero-order chi connectivity index (χ0) is 16.7. The Labute approximate surface area is 139 Å². The predicted molar refractivity (Wildman–Crippen MR) is 88.5 cm³/mol. The Hall–Kier alpha value is -2.21. The van der Waals surface area contributed by atoms with Gasteiger partial charge in [-0.15, -0.1) is 11.8 Å². The van der Waals surface area contributed by atoms with Crippen LogP contribution < -0.4 is 5.32 Å². The van der Waals surface area contributed by atoms with E-state index in [2.05, 4.69) is 5.32 Å². The molecule has 1 aromatic heterocycles. The average molecular weight is 333 g/mol. The van der Waals surface area contributed by atoms with Crippen LogP contribution in [0, 0.1) is 5.92 Å². The van der Waals surface area contributed by atoms with E-state index in [1.807, 2.05) is 30.3 Å². The Morgan fingerprint density at radius 3 is 2.70 bits per heavy atom. The van der Waals surface area contributed by atoms with Crippen molar-refractivity contribution in [2.45, 2.75) is 24.0 Å². The number of carboxylic acid groups (broad SMARTS) is 1. The maximum Gasteiger partial charge on any atom is 0.303 e. The minimum atomic E-state index is -0.871. The lowest BCUT2D eigenvalue weighted by Gasteiger charge is -2.10. The third-order valence-electron chi connectivity index (χ3n) is 3.22. The van der Waals surface area contributed by atoms with Crippen molar-refractivity contribution in [3.05, 3.63) is 54.0 Å². The van der Waals surface area contributed by atoms with Gasteiger partial charge in [0.15, 0.2) is 5.76 Å². The maximum atomic E-state index is 12.2. The average Bonchev–Trinajstić information content (AvgIpc) is 2.99. The summed E-state index contributed by atoms with van der Waals surface area (Å²) in [6.45, 7) is 2.08. The quantitative estimate of drug-likeness (QED) is 0.724. The van der Waals surface area contributed by atoms with E-state index in [4.69, 9.17) is 9.52 Å². The molecule has 2 aromatic rings. The monoisotopic (exact) mass is 333 g/mol. The molecule has 0 fully saturated rings. The smallest absolute Gasteiger partial charge is 0.303 e. The standard InChI is InChI=1S/C17H19NO4S/c1-12(9-15(19)20)10-18-17(21)16-13(7-8-22-16)11-23-14-5-3-2-4-6-14/h2-8,12H,9-11H2,1H3,(H,18,21)(H,19,20). The minimum Gasteiger partial charge on any atom is -0.481 e. The number of hydrogen-bond donors (Lipinski definition) is 2. The highest BCUT2D eigenvalue weighted by atomic mass is 32.2. The Morgan fingerprint density at radius 2 is 2.00 bits per heavy atom. The fraction of sp³-hybridized carbons (Fsp3) is 0.294. The SMILES string of the molecule is CC(CNC(=O)c1occc1CSc1ccccc1)CC(=O)O. The number of carbonyl (C=O) groups is 2. The lowest BCUT2D eigenvalue weighted by atomic mass is 10.1. The van der Waals surface area contributed by atoms with Gasteiger partial charge in [-0.25, -0.2) is 0 Å². The van der Waals surface area contributed by atoms with Gasteiger partial charge in [0.1, 0.15) is 0 Å². The van der Waals surface area contributed by atoms with E-state index in [1.165, 1.54) is 6.26 Å². The Balaban J connectivity index is 1.89. The number of rotatable bonds is 8. The number of thioether (sulfide) groups is 1. The molecule has 6 heteroatoms. The highest BCUT2D eigenvalue weighted by Gasteiger charge is 2.17. The Bertz CT molecular complexity index is 654. The van der Waals surface area contributed by atoms with Gasteiger partial charge in [-0.3, -0.25) is 9.59 Å². The van der Waals surface area contributed by atoms with E-state index in [9.17, 15) is 9.59 Å². The number of nitrogens with one attached hydrogen (secondary N) is 1. The summed E-state index contributed by atoms with van der Waals surface area (Å²) in [7, 11) is 0. The summed E-state index contributed by atoms with van der Waals surface area (Å²) < 4.78 is 5.29. The summed E-state index contributed by atoms with van der Waals surface area (Å²) in [6.07, 6.45) is 1.52. The molecule has 0 bridgehead atoms. The second-order valence-electron chi connectivity index (χ2n) is 5.29. The number of carbonyl (C=O) groups excluding carboxylic acids is 1. The molecule has 1 amide bonds. The second-order valence-corrected chi connectivity index (χ2v) is 6.34. The summed E-state index contributed by atoms with van der Waals surface area (Å²) in [5.74, 6) is -0.390. The first-order valence-corrected chi connectivity index (χ1v) is 8.29. The molecule has 1 heterocycles. The zero-order valence-electron chi connectivity index (χ0n) is 12.8. The van der Waals surface area contributed by atoms with Crippen LogP contribution in [0.5, 0.6) is 0 Å². The van der Waals surface area contributed by atoms with Gasteiger partial charge in [0.25, 0.3) is 5.91 Å². The van der Waals surface area contributed by atoms with Crippen molar-refractivity contribution in [3.8, 4) is 0 Å². The maximum absolute atomic E-state index is 12.2. The molecule has 23 heavy (non-hydrogen) atoms. The number of furan rings is 1. The normalized spacial score (nSPS) is 11.9. The van der Waals surface area contributed by atoms with Crippen molar-refractivity contribution in [2.75, 3.05) is 6.54 Å². The van der Waals surface area contributed by atoms with Crippen LogP contribution in [0.2, 0.25) is 0 Å². The molecular weight excluding hydrogens is 314 g/mol. The molecular formula is C17H19NO4S. The van der Waals surface area contributed by atoms with Gasteiger partial charge in [-0.2, -0.15) is 0 Å². The molecule has 1 aromatic carbocycles. The summed E-state index contributed by atoms with van der Waals surface area (Å²) in [4.78, 5) is 23.9. The van der Waals surface area contributed by atoms with Crippen molar-refractivity contribution in [2.24, 2.45) is 5.92 Å². The molecule has 0 aliphatic heterocycles. The third-order valence-corrected chi connectivity index (χ3v) is 4.29. The molecule has 0 aliphatic carbocycles. The third kappa shape index (κ3) is 5.49. The summed E-state index contributed by atoms with van der Waals surface area (Å²) in [5.41, 5.74) is 0.822. The lowest BCUT2D eigenvalue weighted by molar-refractivity contribution is -0.137. The van der Waals surface area contributed by atoms with Crippen molar-refractivity contribution >= 4 is 23.6 Å². The lowest BCUT2D eigenvalue weighted by Crippen LogP contribution is -2.29. The van der Waals surface area contributed by atoms with Crippen LogP contribution in [-0.2, 0) is 10.5 Å². The second kappa shape index (κ2) is 8.43. The topological polar surface area (TPSA) is 79.5 Å². The molecule has 0 aliphatic rings. The molecule has 0 saturated carbocycles. The first-order valence-electron chi connectivity index (χ1n) is 7.30. The number of carboxylic acids is 1.